The number of aromatic nitrogens is 4. The number of rotatable bonds is 7. The molecule has 0 saturated heterocycles. The molecule has 0 aliphatic rings. The molecular weight excluding hydrogens is 470 g/mol. The fourth-order valence-electron chi connectivity index (χ4n) is 4.78. The normalized spacial score (nSPS) is 11.5. The van der Waals surface area contributed by atoms with Gasteiger partial charge in [0.05, 0.1) is 34.3 Å². The van der Waals surface area contributed by atoms with Gasteiger partial charge in [-0.3, -0.25) is 14.9 Å². The van der Waals surface area contributed by atoms with Crippen molar-refractivity contribution in [2.24, 2.45) is 0 Å². The van der Waals surface area contributed by atoms with Crippen LogP contribution in [0.2, 0.25) is 0 Å². The Hall–Kier alpha value is -5.05. The molecule has 0 fully saturated rings. The second-order valence-corrected chi connectivity index (χ2v) is 8.75. The van der Waals surface area contributed by atoms with Crippen molar-refractivity contribution in [2.45, 2.75) is 18.9 Å². The molecule has 3 aromatic heterocycles. The smallest absolute Gasteiger partial charge is 0.397 e. The maximum atomic E-state index is 11.8. The molecule has 0 amide bonds. The van der Waals surface area contributed by atoms with E-state index >= 15 is 0 Å². The van der Waals surface area contributed by atoms with Crippen molar-refractivity contribution in [3.63, 3.8) is 0 Å². The third kappa shape index (κ3) is 4.27. The SMILES string of the molecule is O=c1cnc2cc3c(cc2[nH]1)nc(-c1ccc([N+](=O)[O-])o1)n3CCC(c1ccccc1)c1ccccc1. The highest BCUT2D eigenvalue weighted by Crippen LogP contribution is 2.33. The lowest BCUT2D eigenvalue weighted by Gasteiger charge is -2.19. The summed E-state index contributed by atoms with van der Waals surface area (Å²) in [5.74, 6) is 0.537. The van der Waals surface area contributed by atoms with E-state index in [2.05, 4.69) is 34.2 Å². The molecule has 0 atom stereocenters. The minimum absolute atomic E-state index is 0.119. The lowest BCUT2D eigenvalue weighted by atomic mass is 9.88. The average molecular weight is 492 g/mol. The van der Waals surface area contributed by atoms with Crippen molar-refractivity contribution < 1.29 is 9.34 Å². The molecule has 0 aliphatic carbocycles. The highest BCUT2D eigenvalue weighted by atomic mass is 16.6. The fraction of sp³-hybridized carbons (Fsp3) is 0.107. The molecule has 0 unspecified atom stereocenters. The number of H-pyrrole nitrogens is 1. The number of aryl methyl sites for hydroxylation is 1. The van der Waals surface area contributed by atoms with Crippen molar-refractivity contribution in [3.8, 4) is 11.6 Å². The van der Waals surface area contributed by atoms with E-state index in [-0.39, 0.29) is 17.4 Å². The van der Waals surface area contributed by atoms with Gasteiger partial charge in [-0.15, -0.1) is 0 Å². The number of fused-ring (bicyclic) bond motifs is 2. The van der Waals surface area contributed by atoms with E-state index in [0.29, 0.717) is 34.7 Å². The van der Waals surface area contributed by atoms with Crippen LogP contribution in [0.1, 0.15) is 23.5 Å². The molecule has 0 radical (unpaired) electrons. The van der Waals surface area contributed by atoms with Gasteiger partial charge in [0.1, 0.15) is 4.92 Å². The summed E-state index contributed by atoms with van der Waals surface area (Å²) in [5.41, 5.74) is 4.68. The summed E-state index contributed by atoms with van der Waals surface area (Å²) in [7, 11) is 0. The molecule has 9 heteroatoms. The van der Waals surface area contributed by atoms with Gasteiger partial charge < -0.3 is 14.0 Å². The van der Waals surface area contributed by atoms with Gasteiger partial charge in [-0.1, -0.05) is 60.7 Å². The van der Waals surface area contributed by atoms with E-state index < -0.39 is 4.92 Å². The molecule has 37 heavy (non-hydrogen) atoms. The second-order valence-electron chi connectivity index (χ2n) is 8.75. The number of furan rings is 1. The maximum Gasteiger partial charge on any atom is 0.433 e. The lowest BCUT2D eigenvalue weighted by Crippen LogP contribution is -2.08. The van der Waals surface area contributed by atoms with Crippen LogP contribution >= 0.6 is 0 Å². The van der Waals surface area contributed by atoms with Crippen molar-refractivity contribution in [1.82, 2.24) is 19.5 Å². The van der Waals surface area contributed by atoms with E-state index in [1.807, 2.05) is 47.0 Å². The summed E-state index contributed by atoms with van der Waals surface area (Å²) in [6.07, 6.45) is 1.99. The zero-order valence-electron chi connectivity index (χ0n) is 19.6. The Morgan fingerprint density at radius 1 is 0.946 bits per heavy atom. The summed E-state index contributed by atoms with van der Waals surface area (Å²) >= 11 is 0. The predicted molar refractivity (Wildman–Crippen MR) is 139 cm³/mol. The Balaban J connectivity index is 1.48. The van der Waals surface area contributed by atoms with Crippen molar-refractivity contribution in [2.75, 3.05) is 0 Å². The van der Waals surface area contributed by atoms with Crippen LogP contribution in [-0.2, 0) is 6.54 Å². The molecule has 182 valence electrons. The van der Waals surface area contributed by atoms with Crippen molar-refractivity contribution >= 4 is 28.0 Å². The molecule has 9 nitrogen and oxygen atoms in total. The van der Waals surface area contributed by atoms with Gasteiger partial charge >= 0.3 is 5.88 Å². The van der Waals surface area contributed by atoms with Crippen molar-refractivity contribution in [1.29, 1.82) is 0 Å². The van der Waals surface area contributed by atoms with Crippen LogP contribution in [0.25, 0.3) is 33.7 Å². The van der Waals surface area contributed by atoms with E-state index in [0.717, 1.165) is 11.9 Å². The number of nitrogens with one attached hydrogen (secondary N) is 1. The molecule has 0 bridgehead atoms. The van der Waals surface area contributed by atoms with Gasteiger partial charge in [0.25, 0.3) is 5.56 Å². The minimum Gasteiger partial charge on any atom is -0.397 e. The molecule has 3 heterocycles. The Labute approximate surface area is 210 Å². The number of imidazole rings is 1. The zero-order valence-corrected chi connectivity index (χ0v) is 19.6. The molecule has 0 aliphatic heterocycles. The number of nitrogens with zero attached hydrogens (tertiary/aromatic N) is 4. The van der Waals surface area contributed by atoms with Crippen LogP contribution in [0.3, 0.4) is 0 Å². The minimum atomic E-state index is -0.569. The summed E-state index contributed by atoms with van der Waals surface area (Å²) in [6, 6.07) is 27.1. The Morgan fingerprint density at radius 2 is 1.65 bits per heavy atom. The topological polar surface area (TPSA) is 120 Å². The van der Waals surface area contributed by atoms with Gasteiger partial charge in [-0.2, -0.15) is 0 Å². The number of hydrogen-bond donors (Lipinski definition) is 1. The molecule has 3 aromatic carbocycles. The Kier molecular flexibility index (Phi) is 5.57. The first kappa shape index (κ1) is 22.4. The van der Waals surface area contributed by atoms with Gasteiger partial charge in [0.2, 0.25) is 0 Å². The Bertz CT molecular complexity index is 1750. The molecule has 6 aromatic rings. The van der Waals surface area contributed by atoms with Crippen LogP contribution < -0.4 is 5.56 Å². The van der Waals surface area contributed by atoms with Crippen LogP contribution in [0.5, 0.6) is 0 Å². The lowest BCUT2D eigenvalue weighted by molar-refractivity contribution is -0.401. The highest BCUT2D eigenvalue weighted by molar-refractivity contribution is 5.92. The van der Waals surface area contributed by atoms with Crippen LogP contribution in [0, 0.1) is 10.1 Å². The number of hydrogen-bond acceptors (Lipinski definition) is 6. The third-order valence-corrected chi connectivity index (χ3v) is 6.48. The second kappa shape index (κ2) is 9.19. The van der Waals surface area contributed by atoms with E-state index in [4.69, 9.17) is 9.40 Å². The summed E-state index contributed by atoms with van der Waals surface area (Å²) in [4.78, 5) is 34.3. The van der Waals surface area contributed by atoms with Crippen molar-refractivity contribution in [3.05, 3.63) is 123 Å². The molecule has 1 N–H and O–H groups in total. The number of benzene rings is 3. The third-order valence-electron chi connectivity index (χ3n) is 6.48. The van der Waals surface area contributed by atoms with E-state index in [9.17, 15) is 14.9 Å². The summed E-state index contributed by atoms with van der Waals surface area (Å²) in [5, 5.41) is 11.3. The first-order valence-corrected chi connectivity index (χ1v) is 11.8. The average Bonchev–Trinajstić information content (AvgIpc) is 3.54. The predicted octanol–water partition coefficient (Wildman–Crippen LogP) is 5.66. The largest absolute Gasteiger partial charge is 0.433 e. The molecule has 0 saturated carbocycles. The monoisotopic (exact) mass is 491 g/mol. The van der Waals surface area contributed by atoms with Crippen LogP contribution in [0.4, 0.5) is 5.88 Å². The van der Waals surface area contributed by atoms with Crippen LogP contribution in [0.15, 0.2) is 100 Å². The van der Waals surface area contributed by atoms with E-state index in [1.54, 1.807) is 12.1 Å². The van der Waals surface area contributed by atoms with Gasteiger partial charge in [-0.05, 0) is 35.7 Å². The molecule has 6 rings (SSSR count). The number of nitro groups is 1. The van der Waals surface area contributed by atoms with E-state index in [1.165, 1.54) is 23.4 Å². The first-order valence-electron chi connectivity index (χ1n) is 11.8. The highest BCUT2D eigenvalue weighted by Gasteiger charge is 2.22. The molecular formula is C28H21N5O4. The standard InChI is InChI=1S/C28H21N5O4/c34-26-17-29-21-16-24-23(15-22(21)30-26)31-28(25-11-12-27(37-25)33(35)36)32(24)14-13-20(18-7-3-1-4-8-18)19-9-5-2-6-10-19/h1-12,15-17,20H,13-14H2,(H,30,34). The van der Waals surface area contributed by atoms with Gasteiger partial charge in [-0.25, -0.2) is 9.97 Å². The zero-order chi connectivity index (χ0) is 25.4. The van der Waals surface area contributed by atoms with Gasteiger partial charge in [0, 0.05) is 12.5 Å². The fourth-order valence-corrected chi connectivity index (χ4v) is 4.78. The molecule has 0 spiro atoms. The maximum absolute atomic E-state index is 11.8. The summed E-state index contributed by atoms with van der Waals surface area (Å²) in [6.45, 7) is 0.559. The summed E-state index contributed by atoms with van der Waals surface area (Å²) < 4.78 is 7.54. The Morgan fingerprint density at radius 3 is 2.30 bits per heavy atom. The van der Waals surface area contributed by atoms with Crippen LogP contribution in [-0.4, -0.2) is 24.4 Å². The van der Waals surface area contributed by atoms with Gasteiger partial charge in [0.15, 0.2) is 11.6 Å². The quantitative estimate of drug-likeness (QED) is 0.227. The number of aromatic amines is 1. The first-order chi connectivity index (χ1) is 18.1.